The zero-order chi connectivity index (χ0) is 26.0. The van der Waals surface area contributed by atoms with Crippen molar-refractivity contribution in [3.63, 3.8) is 0 Å². The standard InChI is InChI=1S/C33H34N4O/c34-31-13-12-24(19-29(31)25-7-2-1-3-8-25)23-37-17-14-33(15-18-37)21-26(28-10-4-5-11-30(28)33)20-32(38)36-27-9-6-16-35-22-27/h1-13,16,19,22,26H,14-15,17-18,20-21,23,34H2,(H,36,38). The van der Waals surface area contributed by atoms with E-state index >= 15 is 0 Å². The van der Waals surface area contributed by atoms with E-state index in [0.29, 0.717) is 6.42 Å². The van der Waals surface area contributed by atoms with E-state index < -0.39 is 0 Å². The van der Waals surface area contributed by atoms with Gasteiger partial charge in [-0.1, -0.05) is 60.7 Å². The summed E-state index contributed by atoms with van der Waals surface area (Å²) in [5, 5.41) is 3.03. The van der Waals surface area contributed by atoms with Crippen molar-refractivity contribution in [1.82, 2.24) is 9.88 Å². The zero-order valence-electron chi connectivity index (χ0n) is 21.6. The molecule has 3 aromatic carbocycles. The molecule has 0 bridgehead atoms. The SMILES string of the molecule is Nc1ccc(CN2CCC3(CC2)CC(CC(=O)Nc2cccnc2)c2ccccc23)cc1-c1ccccc1. The molecule has 192 valence electrons. The van der Waals surface area contributed by atoms with E-state index in [0.717, 1.165) is 61.4 Å². The van der Waals surface area contributed by atoms with Crippen molar-refractivity contribution in [3.8, 4) is 11.1 Å². The van der Waals surface area contributed by atoms with E-state index in [-0.39, 0.29) is 17.2 Å². The van der Waals surface area contributed by atoms with Crippen LogP contribution in [-0.2, 0) is 16.8 Å². The van der Waals surface area contributed by atoms with Gasteiger partial charge in [-0.15, -0.1) is 0 Å². The van der Waals surface area contributed by atoms with Crippen LogP contribution in [0, 0.1) is 0 Å². The van der Waals surface area contributed by atoms with E-state index in [1.807, 2.05) is 24.3 Å². The van der Waals surface area contributed by atoms with E-state index in [1.165, 1.54) is 16.7 Å². The van der Waals surface area contributed by atoms with Crippen molar-refractivity contribution in [2.45, 2.75) is 43.6 Å². The molecule has 38 heavy (non-hydrogen) atoms. The number of likely N-dealkylation sites (tertiary alicyclic amines) is 1. The molecule has 2 aliphatic rings. The molecule has 1 aliphatic carbocycles. The highest BCUT2D eigenvalue weighted by molar-refractivity contribution is 5.91. The van der Waals surface area contributed by atoms with Gasteiger partial charge in [0.2, 0.25) is 5.91 Å². The fraction of sp³-hybridized carbons (Fsp3) is 0.273. The molecule has 2 heterocycles. The number of benzene rings is 3. The van der Waals surface area contributed by atoms with Gasteiger partial charge in [-0.05, 0) is 90.2 Å². The van der Waals surface area contributed by atoms with Crippen molar-refractivity contribution < 1.29 is 4.79 Å². The van der Waals surface area contributed by atoms with Gasteiger partial charge in [0, 0.05) is 30.4 Å². The summed E-state index contributed by atoms with van der Waals surface area (Å²) in [6, 6.07) is 29.4. The Hall–Kier alpha value is -3.96. The first-order chi connectivity index (χ1) is 18.6. The minimum absolute atomic E-state index is 0.0601. The largest absolute Gasteiger partial charge is 0.398 e. The van der Waals surface area contributed by atoms with E-state index in [1.54, 1.807) is 12.4 Å². The highest BCUT2D eigenvalue weighted by Crippen LogP contribution is 2.52. The monoisotopic (exact) mass is 502 g/mol. The van der Waals surface area contributed by atoms with Gasteiger partial charge in [-0.3, -0.25) is 14.7 Å². The van der Waals surface area contributed by atoms with Gasteiger partial charge in [0.15, 0.2) is 0 Å². The number of carbonyl (C=O) groups is 1. The van der Waals surface area contributed by atoms with Crippen LogP contribution in [0.1, 0.15) is 48.3 Å². The maximum atomic E-state index is 12.9. The van der Waals surface area contributed by atoms with Crippen molar-refractivity contribution in [2.24, 2.45) is 0 Å². The molecular formula is C33H34N4O. The van der Waals surface area contributed by atoms with Gasteiger partial charge in [-0.25, -0.2) is 0 Å². The average Bonchev–Trinajstić information content (AvgIpc) is 3.24. The molecule has 4 aromatic rings. The Balaban J connectivity index is 1.13. The number of pyridine rings is 1. The molecule has 1 aromatic heterocycles. The number of hydrogen-bond donors (Lipinski definition) is 2. The number of hydrogen-bond acceptors (Lipinski definition) is 4. The Bertz CT molecular complexity index is 1410. The molecule has 0 saturated carbocycles. The lowest BCUT2D eigenvalue weighted by Crippen LogP contribution is -2.41. The molecule has 1 spiro atoms. The van der Waals surface area contributed by atoms with Gasteiger partial charge < -0.3 is 11.1 Å². The topological polar surface area (TPSA) is 71.2 Å². The van der Waals surface area contributed by atoms with Gasteiger partial charge >= 0.3 is 0 Å². The van der Waals surface area contributed by atoms with Crippen molar-refractivity contribution in [3.05, 3.63) is 114 Å². The fourth-order valence-corrected chi connectivity index (χ4v) is 6.52. The summed E-state index contributed by atoms with van der Waals surface area (Å²) in [5.41, 5.74) is 14.4. The van der Waals surface area contributed by atoms with Crippen molar-refractivity contribution in [2.75, 3.05) is 24.1 Å². The molecule has 0 radical (unpaired) electrons. The van der Waals surface area contributed by atoms with Crippen LogP contribution in [0.15, 0.2) is 97.3 Å². The van der Waals surface area contributed by atoms with Gasteiger partial charge in [0.05, 0.1) is 11.9 Å². The normalized spacial score (nSPS) is 18.3. The smallest absolute Gasteiger partial charge is 0.225 e. The molecular weight excluding hydrogens is 468 g/mol. The molecule has 1 unspecified atom stereocenters. The number of anilines is 2. The number of piperidine rings is 1. The maximum absolute atomic E-state index is 12.9. The van der Waals surface area contributed by atoms with Crippen LogP contribution in [0.4, 0.5) is 11.4 Å². The maximum Gasteiger partial charge on any atom is 0.225 e. The van der Waals surface area contributed by atoms with E-state index in [4.69, 9.17) is 5.73 Å². The molecule has 3 N–H and O–H groups in total. The fourth-order valence-electron chi connectivity index (χ4n) is 6.52. The molecule has 1 fully saturated rings. The third kappa shape index (κ3) is 4.94. The summed E-state index contributed by atoms with van der Waals surface area (Å²) in [7, 11) is 0. The zero-order valence-corrected chi connectivity index (χ0v) is 21.6. The van der Waals surface area contributed by atoms with E-state index in [9.17, 15) is 4.79 Å². The van der Waals surface area contributed by atoms with Crippen LogP contribution in [-0.4, -0.2) is 28.9 Å². The Morgan fingerprint density at radius 1 is 0.974 bits per heavy atom. The van der Waals surface area contributed by atoms with Crippen LogP contribution >= 0.6 is 0 Å². The number of nitrogens with one attached hydrogen (secondary N) is 1. The van der Waals surface area contributed by atoms with E-state index in [2.05, 4.69) is 75.9 Å². The molecule has 1 atom stereocenters. The highest BCUT2D eigenvalue weighted by Gasteiger charge is 2.45. The Labute approximate surface area is 224 Å². The van der Waals surface area contributed by atoms with Crippen molar-refractivity contribution in [1.29, 1.82) is 0 Å². The molecule has 5 nitrogen and oxygen atoms in total. The average molecular weight is 503 g/mol. The lowest BCUT2D eigenvalue weighted by Gasteiger charge is -2.40. The first-order valence-electron chi connectivity index (χ1n) is 13.6. The first-order valence-corrected chi connectivity index (χ1v) is 13.6. The van der Waals surface area contributed by atoms with Crippen LogP contribution in [0.3, 0.4) is 0 Å². The summed E-state index contributed by atoms with van der Waals surface area (Å²) in [6.07, 6.45) is 7.19. The number of amides is 1. The summed E-state index contributed by atoms with van der Waals surface area (Å²) in [5.74, 6) is 0.310. The summed E-state index contributed by atoms with van der Waals surface area (Å²) in [6.45, 7) is 3.02. The van der Waals surface area contributed by atoms with Gasteiger partial charge in [0.1, 0.15) is 0 Å². The number of nitrogens with zero attached hydrogens (tertiary/aromatic N) is 2. The minimum atomic E-state index is 0.0601. The molecule has 6 rings (SSSR count). The quantitative estimate of drug-likeness (QED) is 0.300. The summed E-state index contributed by atoms with van der Waals surface area (Å²) in [4.78, 5) is 19.6. The third-order valence-corrected chi connectivity index (χ3v) is 8.41. The van der Waals surface area contributed by atoms with Crippen LogP contribution in [0.5, 0.6) is 0 Å². The summed E-state index contributed by atoms with van der Waals surface area (Å²) >= 11 is 0. The second-order valence-corrected chi connectivity index (χ2v) is 10.8. The lowest BCUT2D eigenvalue weighted by atomic mass is 9.73. The molecule has 5 heteroatoms. The van der Waals surface area contributed by atoms with Gasteiger partial charge in [0.25, 0.3) is 0 Å². The number of rotatable bonds is 6. The van der Waals surface area contributed by atoms with Crippen LogP contribution < -0.4 is 11.1 Å². The Kier molecular flexibility index (Phi) is 6.69. The second kappa shape index (κ2) is 10.4. The minimum Gasteiger partial charge on any atom is -0.398 e. The van der Waals surface area contributed by atoms with Crippen LogP contribution in [0.25, 0.3) is 11.1 Å². The second-order valence-electron chi connectivity index (χ2n) is 10.8. The van der Waals surface area contributed by atoms with Gasteiger partial charge in [-0.2, -0.15) is 0 Å². The summed E-state index contributed by atoms with van der Waals surface area (Å²) < 4.78 is 0. The number of nitrogen functional groups attached to an aromatic ring is 1. The highest BCUT2D eigenvalue weighted by atomic mass is 16.1. The predicted molar refractivity (Wildman–Crippen MR) is 154 cm³/mol. The first kappa shape index (κ1) is 24.4. The Morgan fingerprint density at radius 2 is 1.76 bits per heavy atom. The number of fused-ring (bicyclic) bond motifs is 2. The van der Waals surface area contributed by atoms with Crippen molar-refractivity contribution >= 4 is 17.3 Å². The third-order valence-electron chi connectivity index (χ3n) is 8.41. The molecule has 1 aliphatic heterocycles. The van der Waals surface area contributed by atoms with Crippen LogP contribution in [0.2, 0.25) is 0 Å². The predicted octanol–water partition coefficient (Wildman–Crippen LogP) is 6.38. The lowest BCUT2D eigenvalue weighted by molar-refractivity contribution is -0.116. The molecule has 1 amide bonds. The number of carbonyl (C=O) groups excluding carboxylic acids is 1. The number of aromatic nitrogens is 1. The number of nitrogens with two attached hydrogens (primary N) is 1. The molecule has 1 saturated heterocycles. The Morgan fingerprint density at radius 3 is 2.55 bits per heavy atom.